The van der Waals surface area contributed by atoms with Gasteiger partial charge in [0.15, 0.2) is 11.6 Å². The lowest BCUT2D eigenvalue weighted by molar-refractivity contribution is -0.137. The van der Waals surface area contributed by atoms with Crippen molar-refractivity contribution in [2.75, 3.05) is 29.9 Å². The summed E-state index contributed by atoms with van der Waals surface area (Å²) in [5.74, 6) is -2.48. The number of fused-ring (bicyclic) bond motifs is 2. The molecule has 0 aliphatic carbocycles. The minimum Gasteiger partial charge on any atom is -0.389 e. The second kappa shape index (κ2) is 28.6. The Hall–Kier alpha value is -5.18. The molecule has 4 aromatic carbocycles. The van der Waals surface area contributed by atoms with Gasteiger partial charge in [-0.05, 0) is 116 Å². The average Bonchev–Trinajstić information content (AvgIpc) is 3.77. The molecule has 0 bridgehead atoms. The van der Waals surface area contributed by atoms with Crippen LogP contribution >= 0.6 is 120 Å². The molecule has 1 aliphatic rings. The van der Waals surface area contributed by atoms with E-state index in [-0.39, 0.29) is 61.7 Å². The van der Waals surface area contributed by atoms with Crippen molar-refractivity contribution in [2.24, 2.45) is 0 Å². The Morgan fingerprint density at radius 3 is 1.99 bits per heavy atom. The molecule has 0 saturated carbocycles. The number of hydrogen-bond donors (Lipinski definition) is 2. The topological polar surface area (TPSA) is 205 Å². The lowest BCUT2D eigenvalue weighted by Crippen LogP contribution is -2.35. The third-order valence-electron chi connectivity index (χ3n) is 10.6. The normalized spacial score (nSPS) is 11.5. The summed E-state index contributed by atoms with van der Waals surface area (Å²) in [6, 6.07) is 17.0. The zero-order valence-electron chi connectivity index (χ0n) is 41.1. The fraction of sp³-hybridized carbons (Fsp3) is 0.235. The molecule has 7 aromatic rings. The Morgan fingerprint density at radius 2 is 1.36 bits per heavy atom. The quantitative estimate of drug-likeness (QED) is 0.0666. The summed E-state index contributed by atoms with van der Waals surface area (Å²) in [5.41, 5.74) is 2.27. The number of cyclic esters (lactones) is 2. The number of pyridine rings is 1. The summed E-state index contributed by atoms with van der Waals surface area (Å²) in [7, 11) is 0. The first-order valence-electron chi connectivity index (χ1n) is 23.0. The molecule has 0 saturated heterocycles. The largest absolute Gasteiger partial charge is 0.422 e. The van der Waals surface area contributed by atoms with Gasteiger partial charge in [-0.2, -0.15) is 5.10 Å². The van der Waals surface area contributed by atoms with E-state index in [4.69, 9.17) is 104 Å². The van der Waals surface area contributed by atoms with Gasteiger partial charge in [0.2, 0.25) is 0 Å². The lowest BCUT2D eigenvalue weighted by Gasteiger charge is -2.25. The maximum atomic E-state index is 13.6. The van der Waals surface area contributed by atoms with E-state index < -0.39 is 35.1 Å². The molecule has 0 unspecified atom stereocenters. The van der Waals surface area contributed by atoms with E-state index in [0.717, 1.165) is 6.42 Å². The summed E-state index contributed by atoms with van der Waals surface area (Å²) in [6.07, 6.45) is 2.88. The van der Waals surface area contributed by atoms with Crippen molar-refractivity contribution in [2.45, 2.75) is 60.4 Å². The molecule has 3 aromatic heterocycles. The molecular weight excluding hydrogens is 1250 g/mol. The fourth-order valence-electron chi connectivity index (χ4n) is 7.39. The number of hydrogen-bond acceptors (Lipinski definition) is 12. The van der Waals surface area contributed by atoms with E-state index in [1.54, 1.807) is 57.3 Å². The van der Waals surface area contributed by atoms with Gasteiger partial charge in [-0.15, -0.1) is 0 Å². The molecule has 0 radical (unpaired) electrons. The Morgan fingerprint density at radius 1 is 0.740 bits per heavy atom. The number of benzene rings is 4. The Labute approximate surface area is 493 Å². The van der Waals surface area contributed by atoms with E-state index in [1.165, 1.54) is 50.5 Å². The van der Waals surface area contributed by atoms with Gasteiger partial charge in [0, 0.05) is 75.5 Å². The second-order valence-electron chi connectivity index (χ2n) is 15.8. The number of esters is 2. The highest BCUT2D eigenvalue weighted by molar-refractivity contribution is 9.10. The van der Waals surface area contributed by atoms with Crippen molar-refractivity contribution in [1.82, 2.24) is 24.6 Å². The molecule has 0 fully saturated rings. The molecular formula is C51H43BrCl9N7O9. The molecule has 26 heteroatoms. The van der Waals surface area contributed by atoms with Crippen LogP contribution < -0.4 is 26.9 Å². The van der Waals surface area contributed by atoms with Gasteiger partial charge in [-0.3, -0.25) is 23.7 Å². The molecule has 0 atom stereocenters. The molecule has 2 N–H and O–H groups in total. The van der Waals surface area contributed by atoms with Gasteiger partial charge in [0.25, 0.3) is 11.8 Å². The van der Waals surface area contributed by atoms with E-state index in [9.17, 15) is 33.6 Å². The van der Waals surface area contributed by atoms with Crippen molar-refractivity contribution >= 4 is 172 Å². The zero-order valence-corrected chi connectivity index (χ0v) is 49.5. The van der Waals surface area contributed by atoms with E-state index in [2.05, 4.69) is 45.8 Å². The Balaban J connectivity index is 0.000000202. The predicted molar refractivity (Wildman–Crippen MR) is 309 cm³/mol. The maximum absolute atomic E-state index is 13.6. The van der Waals surface area contributed by atoms with Crippen molar-refractivity contribution < 1.29 is 33.1 Å². The molecule has 1 aliphatic heterocycles. The van der Waals surface area contributed by atoms with Crippen LogP contribution in [0.4, 0.5) is 11.4 Å². The minimum absolute atomic E-state index is 0.0110. The highest BCUT2D eigenvalue weighted by Crippen LogP contribution is 2.36. The third-order valence-corrected chi connectivity index (χ3v) is 13.4. The van der Waals surface area contributed by atoms with Gasteiger partial charge >= 0.3 is 23.3 Å². The first kappa shape index (κ1) is 62.7. The molecule has 16 nitrogen and oxygen atoms in total. The smallest absolute Gasteiger partial charge is 0.389 e. The summed E-state index contributed by atoms with van der Waals surface area (Å²) in [4.78, 5) is 88.9. The first-order valence-corrected chi connectivity index (χ1v) is 27.2. The summed E-state index contributed by atoms with van der Waals surface area (Å²) in [5, 5.41) is 13.3. The van der Waals surface area contributed by atoms with Crippen molar-refractivity contribution in [3.63, 3.8) is 0 Å². The second-order valence-corrected chi connectivity index (χ2v) is 20.4. The highest BCUT2D eigenvalue weighted by Gasteiger charge is 2.30. The van der Waals surface area contributed by atoms with Gasteiger partial charge in [-0.25, -0.2) is 24.0 Å². The van der Waals surface area contributed by atoms with Crippen LogP contribution in [0.25, 0.3) is 16.7 Å². The van der Waals surface area contributed by atoms with E-state index in [1.807, 2.05) is 13.8 Å². The number of amides is 2. The number of halogens is 10. The van der Waals surface area contributed by atoms with Crippen LogP contribution in [0, 0.1) is 0 Å². The number of ether oxygens (including phenoxy) is 1. The van der Waals surface area contributed by atoms with Crippen molar-refractivity contribution in [3.8, 4) is 5.82 Å². The van der Waals surface area contributed by atoms with Crippen LogP contribution in [-0.4, -0.2) is 68.5 Å². The lowest BCUT2D eigenvalue weighted by atomic mass is 10.0. The van der Waals surface area contributed by atoms with Crippen molar-refractivity contribution in [1.29, 1.82) is 0 Å². The van der Waals surface area contributed by atoms with Gasteiger partial charge < -0.3 is 24.7 Å². The highest BCUT2D eigenvalue weighted by atomic mass is 79.9. The van der Waals surface area contributed by atoms with Crippen LogP contribution in [0.3, 0.4) is 0 Å². The monoisotopic (exact) mass is 1290 g/mol. The number of aromatic nitrogens is 4. The molecule has 406 valence electrons. The van der Waals surface area contributed by atoms with E-state index in [0.29, 0.717) is 88.9 Å². The predicted octanol–water partition coefficient (Wildman–Crippen LogP) is 14.3. The van der Waals surface area contributed by atoms with Gasteiger partial charge in [0.05, 0.1) is 59.9 Å². The number of anilines is 2. The summed E-state index contributed by atoms with van der Waals surface area (Å²) >= 11 is 57.4. The van der Waals surface area contributed by atoms with Crippen LogP contribution in [0.5, 0.6) is 0 Å². The Kier molecular flexibility index (Phi) is 23.3. The molecule has 0 spiro atoms. The average molecular weight is 1300 g/mol. The number of carbonyl (C=O) groups excluding carboxylic acids is 5. The van der Waals surface area contributed by atoms with Crippen LogP contribution in [-0.2, 0) is 22.5 Å². The van der Waals surface area contributed by atoms with Crippen LogP contribution in [0.15, 0.2) is 91.5 Å². The van der Waals surface area contributed by atoms with Crippen molar-refractivity contribution in [3.05, 3.63) is 172 Å². The summed E-state index contributed by atoms with van der Waals surface area (Å²) in [6.45, 7) is 11.0. The summed E-state index contributed by atoms with van der Waals surface area (Å²) < 4.78 is 12.0. The van der Waals surface area contributed by atoms with Crippen LogP contribution in [0.2, 0.25) is 45.2 Å². The molecule has 4 heterocycles. The van der Waals surface area contributed by atoms with Crippen LogP contribution in [0.1, 0.15) is 94.6 Å². The number of ketones is 1. The first-order chi connectivity index (χ1) is 36.5. The van der Waals surface area contributed by atoms with Gasteiger partial charge in [0.1, 0.15) is 10.3 Å². The SMILES string of the molecule is CCCC(=O)c1cc(Cl)cc(Cl)c1NCC.CCNC(=O)c1cc(Cl)cc(Cl)c1N(CC)C(=O)c1cc(Br)nn1-c1ncccc1Cl.CCn1c(=O)oc(=O)c2cc(Cl)cc(Cl)c21.O=C1Cc2c(Cl)cc(Cl)cc2C(=O)O1. The third kappa shape index (κ3) is 15.6. The standard InChI is InChI=1S/C20H17BrCl3N5O2.C12H15Cl2NO.C10H7Cl2NO3.C9H4Cl2O3/c1-3-25-19(30)12-8-11(22)9-14(24)17(12)28(4-2)20(31)15-10-16(21)27-29(15)18-13(23)6-5-7-26-18;1-3-5-11(16)9-6-8(13)7-10(14)12(9)15-4-2;1-2-13-8-6(9(14)16-10(13)15)3-5(11)4-7(8)12;10-4-1-6-5(7(11)2-4)3-8(12)14-9(6)13/h5-10H,3-4H2,1-2H3,(H,25,30);6-7,15H,3-5H2,1-2H3;3-4H,2H2,1H3;1-2H,3H2. The molecule has 8 rings (SSSR count). The van der Waals surface area contributed by atoms with E-state index >= 15 is 0 Å². The molecule has 2 amide bonds. The zero-order chi connectivity index (χ0) is 57.0. The number of nitrogens with one attached hydrogen (secondary N) is 2. The fourth-order valence-corrected chi connectivity index (χ4v) is 10.3. The molecule has 77 heavy (non-hydrogen) atoms. The number of nitrogens with zero attached hydrogens (tertiary/aromatic N) is 5. The maximum Gasteiger partial charge on any atom is 0.422 e. The Bertz CT molecular complexity index is 3540. The van der Waals surface area contributed by atoms with Gasteiger partial charge in [-0.1, -0.05) is 111 Å². The number of aryl methyl sites for hydroxylation is 1. The number of Topliss-reactive ketones (excluding diaryl/α,β-unsaturated/α-hetero) is 1. The number of carbonyl (C=O) groups is 5. The number of rotatable bonds is 12. The minimum atomic E-state index is -0.728.